The molecule has 22 valence electrons. The summed E-state index contributed by atoms with van der Waals surface area (Å²) in [4.78, 5) is 0. The Labute approximate surface area is 99.0 Å². The van der Waals surface area contributed by atoms with Gasteiger partial charge in [0.2, 0.25) is 0 Å². The SMILES string of the molecule is [As-3].[SbH6-3].[Zn+2].[Zn+2].[Zn+2]. The van der Waals surface area contributed by atoms with Crippen LogP contribution >= 0.6 is 0 Å². The van der Waals surface area contributed by atoms with E-state index in [4.69, 9.17) is 0 Å². The summed E-state index contributed by atoms with van der Waals surface area (Å²) >= 11 is 0. The second kappa shape index (κ2) is 26.8. The molecule has 0 aromatic heterocycles. The molecule has 0 radical (unpaired) electrons. The van der Waals surface area contributed by atoms with Crippen molar-refractivity contribution in [1.29, 1.82) is 0 Å². The molecule has 0 rings (SSSR count). The molecule has 0 aromatic carbocycles. The van der Waals surface area contributed by atoms with Crippen LogP contribution in [0.25, 0.3) is 0 Å². The van der Waals surface area contributed by atoms with Gasteiger partial charge in [0.05, 0.1) is 0 Å². The molecule has 0 atom stereocenters. The van der Waals surface area contributed by atoms with Crippen molar-refractivity contribution in [1.82, 2.24) is 0 Å². The molecule has 0 saturated carbocycles. The van der Waals surface area contributed by atoms with Gasteiger partial charge in [-0.15, -0.1) is 0 Å². The van der Waals surface area contributed by atoms with Crippen LogP contribution in [0.1, 0.15) is 0 Å². The van der Waals surface area contributed by atoms with Crippen molar-refractivity contribution in [2.45, 2.75) is 0 Å². The molecule has 0 fully saturated rings. The van der Waals surface area contributed by atoms with Crippen molar-refractivity contribution in [2.75, 3.05) is 0 Å². The molecule has 0 aromatic rings. The monoisotopic (exact) mass is 394 g/mol. The zero-order valence-corrected chi connectivity index (χ0v) is 13.3. The number of rotatable bonds is 0. The van der Waals surface area contributed by atoms with Gasteiger partial charge in [0.15, 0.2) is 0 Å². The largest absolute Gasteiger partial charge is 2.00 e. The van der Waals surface area contributed by atoms with Gasteiger partial charge in [0.25, 0.3) is 0 Å². The molecular formula is H6AsSbZn3. The van der Waals surface area contributed by atoms with Crippen LogP contribution in [0, 0.1) is 0 Å². The summed E-state index contributed by atoms with van der Waals surface area (Å²) in [5.74, 6) is 0. The normalized spacial score (nSPS) is 0. The number of hydrogen-bond acceptors (Lipinski definition) is 0. The maximum atomic E-state index is 0. The van der Waals surface area contributed by atoms with Crippen LogP contribution in [-0.4, -0.2) is 42.4 Å². The second-order valence-corrected chi connectivity index (χ2v) is 0. The van der Waals surface area contributed by atoms with Crippen LogP contribution in [0.2, 0.25) is 0 Å². The van der Waals surface area contributed by atoms with Crippen molar-refractivity contribution in [3.8, 4) is 0 Å². The second-order valence-electron chi connectivity index (χ2n) is 0. The predicted molar refractivity (Wildman–Crippen MR) is 19.9 cm³/mol. The Morgan fingerprint density at radius 2 is 0.600 bits per heavy atom. The fourth-order valence-corrected chi connectivity index (χ4v) is 0. The van der Waals surface area contributed by atoms with E-state index in [1.807, 2.05) is 0 Å². The fourth-order valence-electron chi connectivity index (χ4n) is 0. The summed E-state index contributed by atoms with van der Waals surface area (Å²) in [6.07, 6.45) is 0. The molecule has 0 spiro atoms. The van der Waals surface area contributed by atoms with Gasteiger partial charge in [-0.1, -0.05) is 0 Å². The molecule has 5 heteroatoms. The standard InChI is InChI=1S/As.Sb.3Zn.6H/q2*-3;3*+2;;;;;;. The smallest absolute Gasteiger partial charge is 2.00 e. The minimum atomic E-state index is 0. The Hall–Kier alpha value is 3.25. The Morgan fingerprint density at radius 3 is 0.600 bits per heavy atom. The topological polar surface area (TPSA) is 0 Å². The summed E-state index contributed by atoms with van der Waals surface area (Å²) in [5, 5.41) is 0. The fraction of sp³-hybridized carbons (Fsp3) is 0. The Kier molecular flexibility index (Phi) is 220. The van der Waals surface area contributed by atoms with E-state index >= 15 is 0 Å². The molecule has 0 unspecified atom stereocenters. The molecule has 0 saturated heterocycles. The maximum Gasteiger partial charge on any atom is 2.00 e. The molecule has 0 N–H and O–H groups in total. The van der Waals surface area contributed by atoms with E-state index in [9.17, 15) is 0 Å². The van der Waals surface area contributed by atoms with Crippen LogP contribution < -0.4 is 0 Å². The maximum absolute atomic E-state index is 0. The van der Waals surface area contributed by atoms with Crippen molar-refractivity contribution < 1.29 is 58.4 Å². The molecule has 5 heavy (non-hydrogen) atoms. The third kappa shape index (κ3) is 18.9. The summed E-state index contributed by atoms with van der Waals surface area (Å²) in [5.41, 5.74) is 0. The zero-order chi connectivity index (χ0) is 0. The molecule has 0 aliphatic carbocycles. The average molecular weight is 399 g/mol. The van der Waals surface area contributed by atoms with E-state index in [1.54, 1.807) is 0 Å². The first-order chi connectivity index (χ1) is 0. The summed E-state index contributed by atoms with van der Waals surface area (Å²) in [6, 6.07) is 0. The van der Waals surface area contributed by atoms with Gasteiger partial charge in [0.1, 0.15) is 0 Å². The van der Waals surface area contributed by atoms with Crippen LogP contribution in [-0.2, 0) is 58.4 Å². The van der Waals surface area contributed by atoms with E-state index in [-0.39, 0.29) is 101 Å². The summed E-state index contributed by atoms with van der Waals surface area (Å²) in [6.45, 7) is 0. The Morgan fingerprint density at radius 1 is 0.600 bits per heavy atom. The predicted octanol–water partition coefficient (Wildman–Crippen LogP) is -2.38. The minimum Gasteiger partial charge on any atom is 2.00 e. The first-order valence-electron chi connectivity index (χ1n) is 0. The van der Waals surface area contributed by atoms with Gasteiger partial charge in [-0.05, 0) is 0 Å². The zero-order valence-electron chi connectivity index (χ0n) is 2.57. The Balaban J connectivity index is 0. The third-order valence-corrected chi connectivity index (χ3v) is 0. The molecule has 0 nitrogen and oxygen atoms in total. The van der Waals surface area contributed by atoms with Gasteiger partial charge in [-0.25, -0.2) is 0 Å². The first-order valence-corrected chi connectivity index (χ1v) is 0. The van der Waals surface area contributed by atoms with Crippen molar-refractivity contribution in [3.63, 3.8) is 0 Å². The van der Waals surface area contributed by atoms with Gasteiger partial charge in [-0.3, -0.25) is 0 Å². The Bertz CT molecular complexity index is 6.85. The van der Waals surface area contributed by atoms with Crippen LogP contribution in [0.5, 0.6) is 0 Å². The summed E-state index contributed by atoms with van der Waals surface area (Å²) < 4.78 is 0. The van der Waals surface area contributed by atoms with E-state index < -0.39 is 0 Å². The third-order valence-electron chi connectivity index (χ3n) is 0. The van der Waals surface area contributed by atoms with E-state index in [1.165, 1.54) is 0 Å². The summed E-state index contributed by atoms with van der Waals surface area (Å²) in [7, 11) is 0. The van der Waals surface area contributed by atoms with Gasteiger partial charge < -0.3 is 18.0 Å². The molecule has 0 amide bonds. The van der Waals surface area contributed by atoms with E-state index in [0.717, 1.165) is 0 Å². The van der Waals surface area contributed by atoms with Crippen molar-refractivity contribution in [3.05, 3.63) is 0 Å². The molecule has 0 heterocycles. The van der Waals surface area contributed by atoms with Crippen molar-refractivity contribution >= 4 is 42.4 Å². The molecular weight excluding hydrogens is 393 g/mol. The molecule has 0 aliphatic rings. The van der Waals surface area contributed by atoms with Crippen molar-refractivity contribution in [2.24, 2.45) is 0 Å². The minimum absolute atomic E-state index is 0. The first kappa shape index (κ1) is 41.1. The van der Waals surface area contributed by atoms with Crippen LogP contribution in [0.15, 0.2) is 0 Å². The van der Waals surface area contributed by atoms with Crippen LogP contribution in [0.4, 0.5) is 0 Å². The quantitative estimate of drug-likeness (QED) is 0.400. The average Bonchev–Trinajstić information content (AvgIpc) is 0. The molecule has 0 bridgehead atoms. The van der Waals surface area contributed by atoms with Gasteiger partial charge in [0, 0.05) is 0 Å². The number of hydrogen-bond donors (Lipinski definition) is 0. The van der Waals surface area contributed by atoms with Crippen LogP contribution in [0.3, 0.4) is 0 Å². The van der Waals surface area contributed by atoms with E-state index in [0.29, 0.717) is 0 Å². The van der Waals surface area contributed by atoms with E-state index in [2.05, 4.69) is 0 Å². The molecule has 0 aliphatic heterocycles. The van der Waals surface area contributed by atoms with Gasteiger partial charge >= 0.3 is 82.9 Å². The van der Waals surface area contributed by atoms with Gasteiger partial charge in [-0.2, -0.15) is 0 Å².